The van der Waals surface area contributed by atoms with Gasteiger partial charge in [0.2, 0.25) is 0 Å². The largest absolute Gasteiger partial charge is 0.396 e. The van der Waals surface area contributed by atoms with Gasteiger partial charge in [0.15, 0.2) is 5.11 Å². The monoisotopic (exact) mass is 416 g/mol. The molecule has 2 aromatic rings. The molecule has 0 heterocycles. The van der Waals surface area contributed by atoms with Gasteiger partial charge < -0.3 is 15.2 Å². The van der Waals surface area contributed by atoms with Crippen LogP contribution in [0.5, 0.6) is 0 Å². The van der Waals surface area contributed by atoms with Gasteiger partial charge in [-0.05, 0) is 49.7 Å². The minimum Gasteiger partial charge on any atom is -0.396 e. The van der Waals surface area contributed by atoms with Crippen molar-refractivity contribution in [3.8, 4) is 0 Å². The average molecular weight is 417 g/mol. The van der Waals surface area contributed by atoms with Crippen LogP contribution in [0.1, 0.15) is 35.2 Å². The maximum absolute atomic E-state index is 14.8. The number of hydrogen-bond donors (Lipinski definition) is 3. The van der Waals surface area contributed by atoms with Crippen LogP contribution >= 0.6 is 12.2 Å². The molecule has 3 rings (SSSR count). The van der Waals surface area contributed by atoms with E-state index in [1.807, 2.05) is 6.07 Å². The number of amides is 1. The van der Waals surface area contributed by atoms with E-state index in [9.17, 15) is 14.3 Å². The van der Waals surface area contributed by atoms with Crippen molar-refractivity contribution in [1.29, 1.82) is 0 Å². The van der Waals surface area contributed by atoms with Gasteiger partial charge in [-0.15, -0.1) is 0 Å². The molecule has 0 spiro atoms. The number of aliphatic hydroxyl groups is 1. The number of benzene rings is 2. The molecule has 0 bridgehead atoms. The van der Waals surface area contributed by atoms with Crippen molar-refractivity contribution in [3.63, 3.8) is 0 Å². The van der Waals surface area contributed by atoms with E-state index in [0.29, 0.717) is 30.4 Å². The van der Waals surface area contributed by atoms with E-state index in [4.69, 9.17) is 17.0 Å². The van der Waals surface area contributed by atoms with Crippen molar-refractivity contribution in [1.82, 2.24) is 10.6 Å². The molecule has 1 amide bonds. The number of methoxy groups -OCH3 is 1. The van der Waals surface area contributed by atoms with Crippen molar-refractivity contribution in [2.75, 3.05) is 13.7 Å². The first kappa shape index (κ1) is 21.4. The molecule has 1 aliphatic carbocycles. The van der Waals surface area contributed by atoms with E-state index >= 15 is 0 Å². The van der Waals surface area contributed by atoms with Crippen LogP contribution < -0.4 is 10.6 Å². The number of aliphatic hydroxyl groups excluding tert-OH is 1. The van der Waals surface area contributed by atoms with E-state index in [1.165, 1.54) is 6.07 Å². The second-order valence-electron chi connectivity index (χ2n) is 7.24. The lowest BCUT2D eigenvalue weighted by atomic mass is 9.68. The molecule has 0 radical (unpaired) electrons. The quantitative estimate of drug-likeness (QED) is 0.654. The van der Waals surface area contributed by atoms with Crippen molar-refractivity contribution in [3.05, 3.63) is 71.5 Å². The Morgan fingerprint density at radius 2 is 1.93 bits per heavy atom. The zero-order valence-corrected chi connectivity index (χ0v) is 17.0. The Labute approximate surface area is 175 Å². The summed E-state index contributed by atoms with van der Waals surface area (Å²) in [5.74, 6) is -1.07. The number of carbonyl (C=O) groups excluding carboxylic acids is 1. The molecule has 3 N–H and O–H groups in total. The third-order valence-corrected chi connectivity index (χ3v) is 5.82. The second kappa shape index (κ2) is 9.43. The van der Waals surface area contributed by atoms with Crippen LogP contribution in [0.25, 0.3) is 0 Å². The molecular weight excluding hydrogens is 391 g/mol. The molecule has 0 aliphatic heterocycles. The summed E-state index contributed by atoms with van der Waals surface area (Å²) in [6.07, 6.45) is 1.69. The summed E-state index contributed by atoms with van der Waals surface area (Å²) in [5.41, 5.74) is -0.0563. The Morgan fingerprint density at radius 3 is 2.59 bits per heavy atom. The topological polar surface area (TPSA) is 70.6 Å². The zero-order valence-electron chi connectivity index (χ0n) is 16.2. The predicted octanol–water partition coefficient (Wildman–Crippen LogP) is 3.13. The first-order valence-corrected chi connectivity index (χ1v) is 9.98. The normalized spacial score (nSPS) is 24.0. The maximum Gasteiger partial charge on any atom is 0.257 e. The smallest absolute Gasteiger partial charge is 0.257 e. The lowest BCUT2D eigenvalue weighted by Crippen LogP contribution is -2.58. The second-order valence-corrected chi connectivity index (χ2v) is 7.65. The lowest BCUT2D eigenvalue weighted by Gasteiger charge is -2.47. The van der Waals surface area contributed by atoms with Crippen molar-refractivity contribution >= 4 is 23.2 Å². The third kappa shape index (κ3) is 4.63. The highest BCUT2D eigenvalue weighted by molar-refractivity contribution is 7.80. The van der Waals surface area contributed by atoms with Crippen LogP contribution in [0, 0.1) is 11.7 Å². The first-order valence-electron chi connectivity index (χ1n) is 9.57. The highest BCUT2D eigenvalue weighted by Crippen LogP contribution is 2.43. The van der Waals surface area contributed by atoms with Gasteiger partial charge in [0, 0.05) is 30.8 Å². The van der Waals surface area contributed by atoms with Gasteiger partial charge in [0.1, 0.15) is 5.82 Å². The Balaban J connectivity index is 1.89. The molecule has 29 heavy (non-hydrogen) atoms. The van der Waals surface area contributed by atoms with Gasteiger partial charge in [-0.2, -0.15) is 0 Å². The van der Waals surface area contributed by atoms with Crippen LogP contribution in [0.3, 0.4) is 0 Å². The van der Waals surface area contributed by atoms with Crippen LogP contribution in [0.2, 0.25) is 0 Å². The first-order chi connectivity index (χ1) is 14.0. The van der Waals surface area contributed by atoms with E-state index in [0.717, 1.165) is 0 Å². The van der Waals surface area contributed by atoms with E-state index in [-0.39, 0.29) is 35.5 Å². The lowest BCUT2D eigenvalue weighted by molar-refractivity contribution is -0.00970. The minimum atomic E-state index is -0.948. The fraction of sp³-hybridized carbons (Fsp3) is 0.364. The van der Waals surface area contributed by atoms with E-state index in [2.05, 4.69) is 10.6 Å². The van der Waals surface area contributed by atoms with Crippen LogP contribution in [0.4, 0.5) is 4.39 Å². The van der Waals surface area contributed by atoms with Crippen LogP contribution in [0.15, 0.2) is 54.6 Å². The van der Waals surface area contributed by atoms with Gasteiger partial charge >= 0.3 is 0 Å². The average Bonchev–Trinajstić information content (AvgIpc) is 2.74. The number of rotatable bonds is 5. The molecule has 3 atom stereocenters. The summed E-state index contributed by atoms with van der Waals surface area (Å²) in [6.45, 7) is -0.170. The maximum atomic E-state index is 14.8. The van der Waals surface area contributed by atoms with Gasteiger partial charge in [0.05, 0.1) is 11.6 Å². The molecule has 1 unspecified atom stereocenters. The standard InChI is InChI=1S/C22H25FN2O3S/c1-28-17-11-12-22(16(13-17)14-26,18-9-5-6-10-19(18)23)25-21(29)24-20(27)15-7-3-2-4-8-15/h2-10,16-17,26H,11-14H2,1H3,(H2,24,25,27,29)/t16-,17?,22+/m1/s1. The number of hydrogen-bond acceptors (Lipinski definition) is 4. The number of carbonyl (C=O) groups is 1. The van der Waals surface area contributed by atoms with Crippen molar-refractivity contribution < 1.29 is 19.0 Å². The summed E-state index contributed by atoms with van der Waals surface area (Å²) in [5, 5.41) is 16.1. The highest BCUT2D eigenvalue weighted by Gasteiger charge is 2.46. The summed E-state index contributed by atoms with van der Waals surface area (Å²) >= 11 is 5.41. The fourth-order valence-electron chi connectivity index (χ4n) is 4.08. The molecule has 154 valence electrons. The molecule has 5 nitrogen and oxygen atoms in total. The van der Waals surface area contributed by atoms with Crippen molar-refractivity contribution in [2.24, 2.45) is 5.92 Å². The number of thiocarbonyl (C=S) groups is 1. The number of halogens is 1. The van der Waals surface area contributed by atoms with E-state index < -0.39 is 5.54 Å². The van der Waals surface area contributed by atoms with Gasteiger partial charge in [-0.25, -0.2) is 4.39 Å². The molecule has 0 aromatic heterocycles. The van der Waals surface area contributed by atoms with Gasteiger partial charge in [-0.3, -0.25) is 10.1 Å². The highest BCUT2D eigenvalue weighted by atomic mass is 32.1. The predicted molar refractivity (Wildman–Crippen MR) is 113 cm³/mol. The van der Waals surface area contributed by atoms with E-state index in [1.54, 1.807) is 49.6 Å². The molecule has 7 heteroatoms. The molecule has 1 fully saturated rings. The Hall–Kier alpha value is -2.35. The van der Waals surface area contributed by atoms with Crippen LogP contribution in [-0.2, 0) is 10.3 Å². The van der Waals surface area contributed by atoms with Gasteiger partial charge in [0.25, 0.3) is 5.91 Å². The third-order valence-electron chi connectivity index (χ3n) is 5.61. The SMILES string of the molecule is COC1CC[C@@](NC(=S)NC(=O)c2ccccc2)(c2ccccc2F)[C@@H](CO)C1. The summed E-state index contributed by atoms with van der Waals surface area (Å²) in [4.78, 5) is 12.5. The number of nitrogens with one attached hydrogen (secondary N) is 2. The fourth-order valence-corrected chi connectivity index (χ4v) is 4.36. The summed E-state index contributed by atoms with van der Waals surface area (Å²) < 4.78 is 20.3. The van der Waals surface area contributed by atoms with Gasteiger partial charge in [-0.1, -0.05) is 36.4 Å². The molecule has 1 saturated carbocycles. The Bertz CT molecular complexity index is 864. The zero-order chi connectivity index (χ0) is 20.9. The molecular formula is C22H25FN2O3S. The van der Waals surface area contributed by atoms with Crippen molar-refractivity contribution in [2.45, 2.75) is 30.9 Å². The summed E-state index contributed by atoms with van der Waals surface area (Å²) in [6, 6.07) is 15.2. The minimum absolute atomic E-state index is 0.0265. The van der Waals surface area contributed by atoms with Crippen LogP contribution in [-0.4, -0.2) is 35.9 Å². The molecule has 1 aliphatic rings. The number of ether oxygens (including phenoxy) is 1. The Kier molecular flexibility index (Phi) is 6.95. The summed E-state index contributed by atoms with van der Waals surface area (Å²) in [7, 11) is 1.63. The molecule has 2 aromatic carbocycles. The molecule has 0 saturated heterocycles. The Morgan fingerprint density at radius 1 is 1.24 bits per heavy atom.